The number of carbonyl (C=O) groups excluding carboxylic acids is 5. The van der Waals surface area contributed by atoms with Gasteiger partial charge in [0.2, 0.25) is 5.91 Å². The zero-order valence-corrected chi connectivity index (χ0v) is 16.0. The number of oxime groups is 1. The standard InChI is InChI=1S/C16H22N2O10/c1-7(19)17-13-15(26-10(4)22)14(25-9(3)21)12(6-24-8(2)20)27-16(13)18-28-11(5)23/h12-15H,6H2,1-5H3,(H,17,19)/b18-16-/t12-,13+,14-,15-/m1/s1. The first-order chi connectivity index (χ1) is 13.0. The molecule has 0 aromatic carbocycles. The Kier molecular flexibility index (Phi) is 8.35. The summed E-state index contributed by atoms with van der Waals surface area (Å²) in [5.41, 5.74) is 0. The molecule has 1 heterocycles. The Morgan fingerprint density at radius 1 is 0.893 bits per heavy atom. The minimum atomic E-state index is -1.30. The molecule has 0 aromatic heterocycles. The lowest BCUT2D eigenvalue weighted by Crippen LogP contribution is -2.64. The molecule has 12 nitrogen and oxygen atoms in total. The first-order valence-electron chi connectivity index (χ1n) is 8.18. The number of nitrogens with zero attached hydrogens (tertiary/aromatic N) is 1. The SMILES string of the molecule is CC(=O)N[C@@H]1/C(=N/OC(C)=O)O[C@H](COC(C)=O)[C@@H](OC(C)=O)[C@@H]1OC(C)=O. The van der Waals surface area contributed by atoms with Gasteiger partial charge in [-0.05, 0) is 5.16 Å². The highest BCUT2D eigenvalue weighted by Crippen LogP contribution is 2.25. The maximum Gasteiger partial charge on any atom is 0.332 e. The van der Waals surface area contributed by atoms with Gasteiger partial charge >= 0.3 is 23.9 Å². The Bertz CT molecular complexity index is 674. The molecular formula is C16H22N2O10. The predicted molar refractivity (Wildman–Crippen MR) is 89.4 cm³/mol. The number of rotatable bonds is 6. The van der Waals surface area contributed by atoms with Gasteiger partial charge in [0.15, 0.2) is 18.3 Å². The smallest absolute Gasteiger partial charge is 0.332 e. The molecule has 0 aromatic rings. The monoisotopic (exact) mass is 402 g/mol. The second kappa shape index (κ2) is 10.2. The molecule has 0 spiro atoms. The molecule has 1 amide bonds. The molecule has 0 unspecified atom stereocenters. The van der Waals surface area contributed by atoms with Crippen LogP contribution in [0.2, 0.25) is 0 Å². The summed E-state index contributed by atoms with van der Waals surface area (Å²) in [6, 6.07) is -1.24. The summed E-state index contributed by atoms with van der Waals surface area (Å²) in [5, 5.41) is 5.96. The molecule has 0 saturated carbocycles. The lowest BCUT2D eigenvalue weighted by atomic mass is 9.96. The van der Waals surface area contributed by atoms with Crippen LogP contribution in [-0.4, -0.2) is 66.6 Å². The van der Waals surface area contributed by atoms with Crippen LogP contribution in [0.1, 0.15) is 34.6 Å². The third-order valence-corrected chi connectivity index (χ3v) is 3.23. The van der Waals surface area contributed by atoms with Gasteiger partial charge in [-0.15, -0.1) is 0 Å². The predicted octanol–water partition coefficient (Wildman–Crippen LogP) is -0.807. The Morgan fingerprint density at radius 3 is 1.93 bits per heavy atom. The summed E-state index contributed by atoms with van der Waals surface area (Å²) in [4.78, 5) is 61.5. The molecule has 12 heteroatoms. The number of nitrogens with one attached hydrogen (secondary N) is 1. The highest BCUT2D eigenvalue weighted by Gasteiger charge is 2.50. The van der Waals surface area contributed by atoms with Crippen molar-refractivity contribution in [1.82, 2.24) is 5.32 Å². The minimum Gasteiger partial charge on any atom is -0.466 e. The maximum absolute atomic E-state index is 11.6. The Labute approximate surface area is 160 Å². The van der Waals surface area contributed by atoms with E-state index in [2.05, 4.69) is 15.3 Å². The molecule has 1 saturated heterocycles. The number of amides is 1. The second-order valence-electron chi connectivity index (χ2n) is 5.80. The summed E-state index contributed by atoms with van der Waals surface area (Å²) in [7, 11) is 0. The van der Waals surface area contributed by atoms with Gasteiger partial charge in [0.25, 0.3) is 5.90 Å². The summed E-state index contributed by atoms with van der Waals surface area (Å²) in [5.74, 6) is -3.80. The number of esters is 3. The van der Waals surface area contributed by atoms with Crippen LogP contribution in [0.4, 0.5) is 0 Å². The van der Waals surface area contributed by atoms with Crippen LogP contribution in [-0.2, 0) is 47.8 Å². The molecule has 156 valence electrons. The van der Waals surface area contributed by atoms with Crippen molar-refractivity contribution in [3.05, 3.63) is 0 Å². The van der Waals surface area contributed by atoms with E-state index in [1.807, 2.05) is 0 Å². The van der Waals surface area contributed by atoms with Crippen molar-refractivity contribution in [3.63, 3.8) is 0 Å². The van der Waals surface area contributed by atoms with Crippen molar-refractivity contribution >= 4 is 35.7 Å². The molecule has 1 fully saturated rings. The molecule has 1 aliphatic heterocycles. The number of carbonyl (C=O) groups is 5. The first-order valence-corrected chi connectivity index (χ1v) is 8.18. The number of hydrogen-bond donors (Lipinski definition) is 1. The quantitative estimate of drug-likeness (QED) is 0.258. The van der Waals surface area contributed by atoms with Gasteiger partial charge in [0.1, 0.15) is 12.6 Å². The van der Waals surface area contributed by atoms with E-state index in [0.717, 1.165) is 27.7 Å². The van der Waals surface area contributed by atoms with E-state index >= 15 is 0 Å². The highest BCUT2D eigenvalue weighted by molar-refractivity contribution is 5.89. The van der Waals surface area contributed by atoms with E-state index in [0.29, 0.717) is 0 Å². The topological polar surface area (TPSA) is 156 Å². The lowest BCUT2D eigenvalue weighted by Gasteiger charge is -2.41. The van der Waals surface area contributed by atoms with Crippen molar-refractivity contribution in [2.75, 3.05) is 6.61 Å². The molecule has 0 radical (unpaired) electrons. The molecule has 1 rings (SSSR count). The van der Waals surface area contributed by atoms with Gasteiger partial charge in [0.05, 0.1) is 0 Å². The van der Waals surface area contributed by atoms with Gasteiger partial charge in [-0.25, -0.2) is 4.79 Å². The molecule has 1 N–H and O–H groups in total. The summed E-state index contributed by atoms with van der Waals surface area (Å²) >= 11 is 0. The zero-order valence-electron chi connectivity index (χ0n) is 16.0. The number of ether oxygens (including phenoxy) is 4. The van der Waals surface area contributed by atoms with Crippen LogP contribution in [0.3, 0.4) is 0 Å². The molecular weight excluding hydrogens is 380 g/mol. The van der Waals surface area contributed by atoms with E-state index in [-0.39, 0.29) is 5.90 Å². The minimum absolute atomic E-state index is 0.336. The fourth-order valence-corrected chi connectivity index (χ4v) is 2.38. The maximum atomic E-state index is 11.6. The van der Waals surface area contributed by atoms with Gasteiger partial charge in [0, 0.05) is 34.6 Å². The van der Waals surface area contributed by atoms with Gasteiger partial charge in [-0.1, -0.05) is 0 Å². The summed E-state index contributed by atoms with van der Waals surface area (Å²) in [6.07, 6.45) is -3.71. The van der Waals surface area contributed by atoms with E-state index < -0.39 is 60.7 Å². The highest BCUT2D eigenvalue weighted by atomic mass is 16.7. The Hall–Kier alpha value is -3.18. The van der Waals surface area contributed by atoms with Crippen molar-refractivity contribution in [2.45, 2.75) is 59.0 Å². The van der Waals surface area contributed by atoms with E-state index in [1.165, 1.54) is 6.92 Å². The van der Waals surface area contributed by atoms with Crippen LogP contribution in [0.5, 0.6) is 0 Å². The fourth-order valence-electron chi connectivity index (χ4n) is 2.38. The molecule has 4 atom stereocenters. The van der Waals surface area contributed by atoms with E-state index in [9.17, 15) is 24.0 Å². The lowest BCUT2D eigenvalue weighted by molar-refractivity contribution is -0.186. The molecule has 28 heavy (non-hydrogen) atoms. The van der Waals surface area contributed by atoms with E-state index in [1.54, 1.807) is 0 Å². The summed E-state index contributed by atoms with van der Waals surface area (Å²) in [6.45, 7) is 5.25. The largest absolute Gasteiger partial charge is 0.466 e. The third kappa shape index (κ3) is 7.21. The van der Waals surface area contributed by atoms with Crippen molar-refractivity contribution in [2.24, 2.45) is 5.16 Å². The fraction of sp³-hybridized carbons (Fsp3) is 0.625. The summed E-state index contributed by atoms with van der Waals surface area (Å²) < 4.78 is 20.8. The normalized spacial score (nSPS) is 25.1. The van der Waals surface area contributed by atoms with Crippen LogP contribution < -0.4 is 5.32 Å². The third-order valence-electron chi connectivity index (χ3n) is 3.23. The van der Waals surface area contributed by atoms with Crippen LogP contribution in [0, 0.1) is 0 Å². The Morgan fingerprint density at radius 2 is 1.46 bits per heavy atom. The van der Waals surface area contributed by atoms with Gasteiger partial charge < -0.3 is 29.1 Å². The first kappa shape index (κ1) is 22.9. The van der Waals surface area contributed by atoms with E-state index in [4.69, 9.17) is 18.9 Å². The average Bonchev–Trinajstić information content (AvgIpc) is 2.54. The van der Waals surface area contributed by atoms with Crippen LogP contribution in [0.25, 0.3) is 0 Å². The van der Waals surface area contributed by atoms with Gasteiger partial charge in [-0.2, -0.15) is 0 Å². The van der Waals surface area contributed by atoms with Crippen LogP contribution in [0.15, 0.2) is 5.16 Å². The Balaban J connectivity index is 3.37. The van der Waals surface area contributed by atoms with Crippen LogP contribution >= 0.6 is 0 Å². The zero-order chi connectivity index (χ0) is 21.4. The molecule has 0 aliphatic carbocycles. The van der Waals surface area contributed by atoms with Crippen molar-refractivity contribution in [3.8, 4) is 0 Å². The second-order valence-corrected chi connectivity index (χ2v) is 5.80. The number of hydrogen-bond acceptors (Lipinski definition) is 11. The van der Waals surface area contributed by atoms with Crippen molar-refractivity contribution in [1.29, 1.82) is 0 Å². The molecule has 1 aliphatic rings. The van der Waals surface area contributed by atoms with Crippen molar-refractivity contribution < 1.29 is 47.8 Å². The van der Waals surface area contributed by atoms with Gasteiger partial charge in [-0.3, -0.25) is 19.2 Å². The average molecular weight is 402 g/mol. The molecule has 0 bridgehead atoms.